The zero-order valence-electron chi connectivity index (χ0n) is 15.6. The lowest BCUT2D eigenvalue weighted by atomic mass is 9.97. The summed E-state index contributed by atoms with van der Waals surface area (Å²) in [6.45, 7) is 5.64. The zero-order chi connectivity index (χ0) is 18.7. The molecule has 4 heterocycles. The third-order valence-electron chi connectivity index (χ3n) is 5.76. The first-order valence-corrected chi connectivity index (χ1v) is 11.1. The van der Waals surface area contributed by atoms with Crippen LogP contribution >= 0.6 is 27.3 Å². The second kappa shape index (κ2) is 6.53. The number of aryl methyl sites for hydroxylation is 3. The number of piperazine rings is 1. The number of halogens is 1. The van der Waals surface area contributed by atoms with Crippen molar-refractivity contribution in [2.45, 2.75) is 32.6 Å². The van der Waals surface area contributed by atoms with Crippen LogP contribution in [0.2, 0.25) is 0 Å². The summed E-state index contributed by atoms with van der Waals surface area (Å²) in [6.07, 6.45) is 4.42. The van der Waals surface area contributed by atoms with Crippen molar-refractivity contribution in [2.24, 2.45) is 0 Å². The lowest BCUT2D eigenvalue weighted by Gasteiger charge is -2.33. The fourth-order valence-corrected chi connectivity index (χ4v) is 5.77. The van der Waals surface area contributed by atoms with Crippen LogP contribution in [0.5, 0.6) is 0 Å². The molecule has 2 aliphatic rings. The van der Waals surface area contributed by atoms with Crippen LogP contribution in [-0.2, 0) is 12.8 Å². The molecule has 0 N–H and O–H groups in total. The molecule has 6 nitrogen and oxygen atoms in total. The predicted molar refractivity (Wildman–Crippen MR) is 113 cm³/mol. The van der Waals surface area contributed by atoms with Crippen molar-refractivity contribution in [3.8, 4) is 0 Å². The van der Waals surface area contributed by atoms with Crippen LogP contribution in [0, 0.1) is 6.92 Å². The number of nitrogens with zero attached hydrogens (tertiary/aromatic N) is 5. The SMILES string of the molecule is Cc1nc(N2CCN(C)CC2)n2c(=O)c3c4c(sc3nc2c1Br)CCCC4. The van der Waals surface area contributed by atoms with Gasteiger partial charge in [-0.1, -0.05) is 0 Å². The van der Waals surface area contributed by atoms with E-state index in [-0.39, 0.29) is 5.56 Å². The summed E-state index contributed by atoms with van der Waals surface area (Å²) in [7, 11) is 2.13. The number of anilines is 1. The van der Waals surface area contributed by atoms with Crippen molar-refractivity contribution in [1.82, 2.24) is 19.3 Å². The Labute approximate surface area is 170 Å². The van der Waals surface area contributed by atoms with E-state index in [0.29, 0.717) is 5.65 Å². The maximum atomic E-state index is 13.6. The molecule has 0 saturated carbocycles. The first-order chi connectivity index (χ1) is 13.0. The molecule has 0 atom stereocenters. The van der Waals surface area contributed by atoms with Gasteiger partial charge in [0.25, 0.3) is 5.56 Å². The zero-order valence-corrected chi connectivity index (χ0v) is 18.0. The molecular formula is C19H22BrN5OS. The third-order valence-corrected chi connectivity index (χ3v) is 7.87. The summed E-state index contributed by atoms with van der Waals surface area (Å²) >= 11 is 5.33. The van der Waals surface area contributed by atoms with Gasteiger partial charge in [-0.25, -0.2) is 14.4 Å². The summed E-state index contributed by atoms with van der Waals surface area (Å²) in [5.41, 5.74) is 2.83. The fraction of sp³-hybridized carbons (Fsp3) is 0.526. The van der Waals surface area contributed by atoms with E-state index in [1.807, 2.05) is 6.92 Å². The molecule has 3 aromatic heterocycles. The normalized spacial score (nSPS) is 18.4. The minimum Gasteiger partial charge on any atom is -0.339 e. The molecule has 0 amide bonds. The van der Waals surface area contributed by atoms with Crippen molar-refractivity contribution in [3.05, 3.63) is 31.0 Å². The van der Waals surface area contributed by atoms with Gasteiger partial charge in [0, 0.05) is 31.1 Å². The number of likely N-dealkylation sites (N-methyl/N-ethyl adjacent to an activating group) is 1. The number of fused-ring (bicyclic) bond motifs is 4. The van der Waals surface area contributed by atoms with Crippen LogP contribution in [0.15, 0.2) is 9.27 Å². The minimum absolute atomic E-state index is 0.0385. The number of rotatable bonds is 1. The van der Waals surface area contributed by atoms with E-state index in [2.05, 4.69) is 32.8 Å². The molecule has 3 aromatic rings. The Kier molecular flexibility index (Phi) is 4.25. The highest BCUT2D eigenvalue weighted by Gasteiger charge is 2.25. The first-order valence-electron chi connectivity index (χ1n) is 9.51. The summed E-state index contributed by atoms with van der Waals surface area (Å²) < 4.78 is 2.55. The Balaban J connectivity index is 1.82. The van der Waals surface area contributed by atoms with Crippen LogP contribution in [0.3, 0.4) is 0 Å². The molecular weight excluding hydrogens is 426 g/mol. The van der Waals surface area contributed by atoms with Crippen LogP contribution in [0.1, 0.15) is 29.0 Å². The molecule has 1 aliphatic carbocycles. The Morgan fingerprint density at radius 1 is 1.07 bits per heavy atom. The summed E-state index contributed by atoms with van der Waals surface area (Å²) in [5.74, 6) is 0.731. The van der Waals surface area contributed by atoms with E-state index in [0.717, 1.165) is 71.8 Å². The highest BCUT2D eigenvalue weighted by Crippen LogP contribution is 2.35. The topological polar surface area (TPSA) is 53.7 Å². The van der Waals surface area contributed by atoms with Crippen molar-refractivity contribution in [1.29, 1.82) is 0 Å². The number of hydrogen-bond donors (Lipinski definition) is 0. The van der Waals surface area contributed by atoms with E-state index in [9.17, 15) is 4.79 Å². The summed E-state index contributed by atoms with van der Waals surface area (Å²) in [5, 5.41) is 0.820. The van der Waals surface area contributed by atoms with Crippen molar-refractivity contribution in [3.63, 3.8) is 0 Å². The lowest BCUT2D eigenvalue weighted by Crippen LogP contribution is -2.46. The molecule has 8 heteroatoms. The van der Waals surface area contributed by atoms with Crippen LogP contribution < -0.4 is 10.5 Å². The standard InChI is InChI=1S/C19H22BrN5OS/c1-11-15(20)16-22-17-14(12-5-3-4-6-13(12)27-17)18(26)25(16)19(21-11)24-9-7-23(2)8-10-24/h3-10H2,1-2H3. The van der Waals surface area contributed by atoms with Crippen LogP contribution in [0.4, 0.5) is 5.95 Å². The van der Waals surface area contributed by atoms with Gasteiger partial charge >= 0.3 is 0 Å². The highest BCUT2D eigenvalue weighted by atomic mass is 79.9. The molecule has 1 fully saturated rings. The Morgan fingerprint density at radius 2 is 1.81 bits per heavy atom. The first kappa shape index (κ1) is 17.6. The van der Waals surface area contributed by atoms with Gasteiger partial charge in [0.2, 0.25) is 5.95 Å². The fourth-order valence-electron chi connectivity index (χ4n) is 4.17. The Morgan fingerprint density at radius 3 is 2.59 bits per heavy atom. The largest absolute Gasteiger partial charge is 0.339 e. The van der Waals surface area contributed by atoms with E-state index in [1.54, 1.807) is 15.7 Å². The van der Waals surface area contributed by atoms with Gasteiger partial charge < -0.3 is 9.80 Å². The van der Waals surface area contributed by atoms with Gasteiger partial charge in [-0.3, -0.25) is 4.79 Å². The molecule has 0 unspecified atom stereocenters. The Bertz CT molecular complexity index is 1110. The summed E-state index contributed by atoms with van der Waals surface area (Å²) in [6, 6.07) is 0. The Hall–Kier alpha value is -1.51. The smallest absolute Gasteiger partial charge is 0.269 e. The van der Waals surface area contributed by atoms with Crippen LogP contribution in [0.25, 0.3) is 15.9 Å². The number of thiophene rings is 1. The maximum absolute atomic E-state index is 13.6. The molecule has 0 aromatic carbocycles. The molecule has 27 heavy (non-hydrogen) atoms. The molecule has 0 radical (unpaired) electrons. The molecule has 1 saturated heterocycles. The predicted octanol–water partition coefficient (Wildman–Crippen LogP) is 3.01. The quantitative estimate of drug-likeness (QED) is 0.573. The van der Waals surface area contributed by atoms with Crippen molar-refractivity contribution < 1.29 is 0 Å². The molecule has 5 rings (SSSR count). The van der Waals surface area contributed by atoms with E-state index < -0.39 is 0 Å². The van der Waals surface area contributed by atoms with Crippen LogP contribution in [-0.4, -0.2) is 52.5 Å². The van der Waals surface area contributed by atoms with E-state index in [1.165, 1.54) is 16.9 Å². The van der Waals surface area contributed by atoms with Gasteiger partial charge in [-0.15, -0.1) is 11.3 Å². The average Bonchev–Trinajstić information content (AvgIpc) is 3.04. The van der Waals surface area contributed by atoms with Crippen molar-refractivity contribution in [2.75, 3.05) is 38.1 Å². The van der Waals surface area contributed by atoms with Gasteiger partial charge in [0.1, 0.15) is 4.83 Å². The number of hydrogen-bond acceptors (Lipinski definition) is 6. The van der Waals surface area contributed by atoms with E-state index in [4.69, 9.17) is 9.97 Å². The second-order valence-corrected chi connectivity index (χ2v) is 9.45. The molecule has 0 spiro atoms. The van der Waals surface area contributed by atoms with Crippen molar-refractivity contribution >= 4 is 49.1 Å². The van der Waals surface area contributed by atoms with Gasteiger partial charge in [-0.2, -0.15) is 0 Å². The van der Waals surface area contributed by atoms with E-state index >= 15 is 0 Å². The van der Waals surface area contributed by atoms with Gasteiger partial charge in [0.15, 0.2) is 5.65 Å². The maximum Gasteiger partial charge on any atom is 0.269 e. The second-order valence-electron chi connectivity index (χ2n) is 7.57. The number of aromatic nitrogens is 3. The van der Waals surface area contributed by atoms with Gasteiger partial charge in [-0.05, 0) is 61.1 Å². The minimum atomic E-state index is 0.0385. The monoisotopic (exact) mass is 447 g/mol. The summed E-state index contributed by atoms with van der Waals surface area (Å²) in [4.78, 5) is 30.1. The average molecular weight is 448 g/mol. The molecule has 0 bridgehead atoms. The van der Waals surface area contributed by atoms with Gasteiger partial charge in [0.05, 0.1) is 15.6 Å². The molecule has 1 aliphatic heterocycles. The third kappa shape index (κ3) is 2.72. The molecule has 142 valence electrons. The highest BCUT2D eigenvalue weighted by molar-refractivity contribution is 9.10. The lowest BCUT2D eigenvalue weighted by molar-refractivity contribution is 0.310.